The Kier molecular flexibility index (Phi) is 6.46. The van der Waals surface area contributed by atoms with Crippen LogP contribution in [0.15, 0.2) is 66.9 Å². The van der Waals surface area contributed by atoms with Gasteiger partial charge < -0.3 is 15.4 Å². The van der Waals surface area contributed by atoms with Crippen LogP contribution >= 0.6 is 0 Å². The SMILES string of the molecule is O=C(NCCN1CCOCC1)c1ccc(Nc2nc3c(-c4cccc(F)c4)cccn3n2)cc1. The van der Waals surface area contributed by atoms with E-state index in [1.54, 1.807) is 28.9 Å². The molecule has 2 aromatic heterocycles. The van der Waals surface area contributed by atoms with Crippen LogP contribution in [0.3, 0.4) is 0 Å². The van der Waals surface area contributed by atoms with Crippen LogP contribution in [0.5, 0.6) is 0 Å². The van der Waals surface area contributed by atoms with Gasteiger partial charge in [-0.15, -0.1) is 5.10 Å². The molecule has 0 saturated carbocycles. The molecule has 1 amide bonds. The molecule has 0 unspecified atom stereocenters. The fourth-order valence-corrected chi connectivity index (χ4v) is 3.93. The number of carbonyl (C=O) groups is 1. The fourth-order valence-electron chi connectivity index (χ4n) is 3.93. The average Bonchev–Trinajstić information content (AvgIpc) is 3.27. The number of carbonyl (C=O) groups excluding carboxylic acids is 1. The largest absolute Gasteiger partial charge is 0.379 e. The number of anilines is 2. The number of benzene rings is 2. The number of nitrogens with zero attached hydrogens (tertiary/aromatic N) is 4. The second-order valence-electron chi connectivity index (χ2n) is 8.05. The summed E-state index contributed by atoms with van der Waals surface area (Å²) in [5.74, 6) is -0.000413. The van der Waals surface area contributed by atoms with E-state index < -0.39 is 0 Å². The third-order valence-electron chi connectivity index (χ3n) is 5.72. The van der Waals surface area contributed by atoms with E-state index in [2.05, 4.69) is 25.6 Å². The zero-order chi connectivity index (χ0) is 23.3. The van der Waals surface area contributed by atoms with Gasteiger partial charge in [-0.25, -0.2) is 8.91 Å². The van der Waals surface area contributed by atoms with E-state index in [9.17, 15) is 9.18 Å². The van der Waals surface area contributed by atoms with Crippen molar-refractivity contribution in [3.8, 4) is 11.1 Å². The normalized spacial score (nSPS) is 14.3. The summed E-state index contributed by atoms with van der Waals surface area (Å²) in [4.78, 5) is 19.3. The second-order valence-corrected chi connectivity index (χ2v) is 8.05. The fraction of sp³-hybridized carbons (Fsp3) is 0.240. The number of morpholine rings is 1. The highest BCUT2D eigenvalue weighted by Gasteiger charge is 2.12. The van der Waals surface area contributed by atoms with E-state index in [1.807, 2.05) is 30.3 Å². The van der Waals surface area contributed by atoms with Crippen LogP contribution in [0, 0.1) is 5.82 Å². The van der Waals surface area contributed by atoms with Crippen molar-refractivity contribution < 1.29 is 13.9 Å². The monoisotopic (exact) mass is 460 g/mol. The number of fused-ring (bicyclic) bond motifs is 1. The maximum Gasteiger partial charge on any atom is 0.251 e. The minimum absolute atomic E-state index is 0.106. The maximum atomic E-state index is 13.7. The Balaban J connectivity index is 1.23. The molecule has 3 heterocycles. The van der Waals surface area contributed by atoms with Gasteiger partial charge in [0.1, 0.15) is 5.82 Å². The van der Waals surface area contributed by atoms with Crippen molar-refractivity contribution in [2.24, 2.45) is 0 Å². The summed E-state index contributed by atoms with van der Waals surface area (Å²) in [5, 5.41) is 10.6. The van der Waals surface area contributed by atoms with Gasteiger partial charge in [-0.05, 0) is 54.1 Å². The van der Waals surface area contributed by atoms with Crippen LogP contribution in [0.2, 0.25) is 0 Å². The van der Waals surface area contributed by atoms with E-state index in [0.29, 0.717) is 23.7 Å². The third kappa shape index (κ3) is 5.05. The van der Waals surface area contributed by atoms with Gasteiger partial charge in [-0.2, -0.15) is 4.98 Å². The molecule has 2 aromatic carbocycles. The highest BCUT2D eigenvalue weighted by Crippen LogP contribution is 2.25. The number of halogens is 1. The van der Waals surface area contributed by atoms with Crippen LogP contribution in [0.1, 0.15) is 10.4 Å². The average molecular weight is 461 g/mol. The van der Waals surface area contributed by atoms with Crippen molar-refractivity contribution in [2.75, 3.05) is 44.7 Å². The highest BCUT2D eigenvalue weighted by molar-refractivity contribution is 5.94. The van der Waals surface area contributed by atoms with Crippen LogP contribution in [0.4, 0.5) is 16.0 Å². The Bertz CT molecular complexity index is 1280. The van der Waals surface area contributed by atoms with Crippen molar-refractivity contribution in [1.29, 1.82) is 0 Å². The highest BCUT2D eigenvalue weighted by atomic mass is 19.1. The van der Waals surface area contributed by atoms with Crippen molar-refractivity contribution >= 4 is 23.2 Å². The molecule has 1 saturated heterocycles. The lowest BCUT2D eigenvalue weighted by Gasteiger charge is -2.26. The number of rotatable bonds is 7. The van der Waals surface area contributed by atoms with Crippen LogP contribution < -0.4 is 10.6 Å². The lowest BCUT2D eigenvalue weighted by atomic mass is 10.1. The summed E-state index contributed by atoms with van der Waals surface area (Å²) >= 11 is 0. The van der Waals surface area contributed by atoms with Crippen molar-refractivity contribution in [2.45, 2.75) is 0 Å². The molecule has 2 N–H and O–H groups in total. The van der Waals surface area contributed by atoms with Gasteiger partial charge in [0.05, 0.1) is 13.2 Å². The number of nitrogens with one attached hydrogen (secondary N) is 2. The molecule has 0 radical (unpaired) electrons. The molecule has 0 atom stereocenters. The van der Waals surface area contributed by atoms with Crippen LogP contribution in [0.25, 0.3) is 16.8 Å². The Labute approximate surface area is 196 Å². The zero-order valence-electron chi connectivity index (χ0n) is 18.6. The molecule has 1 aliphatic rings. The van der Waals surface area contributed by atoms with Gasteiger partial charge >= 0.3 is 0 Å². The smallest absolute Gasteiger partial charge is 0.251 e. The molecule has 0 spiro atoms. The molecule has 0 bridgehead atoms. The molecule has 8 nitrogen and oxygen atoms in total. The molecule has 0 aliphatic carbocycles. The standard InChI is InChI=1S/C25H25FN6O2/c26-20-4-1-3-19(17-20)22-5-2-11-32-23(22)29-25(30-32)28-21-8-6-18(7-9-21)24(33)27-10-12-31-13-15-34-16-14-31/h1-9,11,17H,10,12-16H2,(H,27,33)(H,28,30). The minimum atomic E-state index is -0.303. The molecular formula is C25H25FN6O2. The molecule has 9 heteroatoms. The first-order valence-electron chi connectivity index (χ1n) is 11.2. The molecular weight excluding hydrogens is 435 g/mol. The van der Waals surface area contributed by atoms with E-state index in [-0.39, 0.29) is 11.7 Å². The number of hydrogen-bond acceptors (Lipinski definition) is 6. The van der Waals surface area contributed by atoms with Crippen LogP contribution in [-0.2, 0) is 4.74 Å². The van der Waals surface area contributed by atoms with E-state index in [0.717, 1.165) is 49.7 Å². The molecule has 4 aromatic rings. The number of ether oxygens (including phenoxy) is 1. The summed E-state index contributed by atoms with van der Waals surface area (Å²) < 4.78 is 20.7. The predicted octanol–water partition coefficient (Wildman–Crippen LogP) is 3.34. The molecule has 34 heavy (non-hydrogen) atoms. The maximum absolute atomic E-state index is 13.7. The summed E-state index contributed by atoms with van der Waals surface area (Å²) in [7, 11) is 0. The first kappa shape index (κ1) is 22.0. The van der Waals surface area contributed by atoms with Gasteiger partial charge in [0, 0.05) is 49.2 Å². The molecule has 174 valence electrons. The molecule has 1 aliphatic heterocycles. The lowest BCUT2D eigenvalue weighted by Crippen LogP contribution is -2.41. The van der Waals surface area contributed by atoms with E-state index in [1.165, 1.54) is 12.1 Å². The Morgan fingerprint density at radius 3 is 2.68 bits per heavy atom. The minimum Gasteiger partial charge on any atom is -0.379 e. The van der Waals surface area contributed by atoms with Gasteiger partial charge in [0.15, 0.2) is 5.65 Å². The van der Waals surface area contributed by atoms with Gasteiger partial charge in [0.2, 0.25) is 5.95 Å². The van der Waals surface area contributed by atoms with Crippen molar-refractivity contribution in [3.05, 3.63) is 78.2 Å². The third-order valence-corrected chi connectivity index (χ3v) is 5.72. The van der Waals surface area contributed by atoms with Gasteiger partial charge in [-0.3, -0.25) is 9.69 Å². The van der Waals surface area contributed by atoms with Gasteiger partial charge in [0.25, 0.3) is 5.91 Å². The number of amides is 1. The number of hydrogen-bond donors (Lipinski definition) is 2. The van der Waals surface area contributed by atoms with Gasteiger partial charge in [-0.1, -0.05) is 12.1 Å². The van der Waals surface area contributed by atoms with Crippen molar-refractivity contribution in [1.82, 2.24) is 24.8 Å². The summed E-state index contributed by atoms with van der Waals surface area (Å²) in [6.07, 6.45) is 1.79. The first-order chi connectivity index (χ1) is 16.7. The molecule has 1 fully saturated rings. The van der Waals surface area contributed by atoms with E-state index in [4.69, 9.17) is 4.74 Å². The topological polar surface area (TPSA) is 83.8 Å². The first-order valence-corrected chi connectivity index (χ1v) is 11.2. The second kappa shape index (κ2) is 9.98. The Morgan fingerprint density at radius 2 is 1.88 bits per heavy atom. The van der Waals surface area contributed by atoms with E-state index >= 15 is 0 Å². The van der Waals surface area contributed by atoms with Crippen LogP contribution in [-0.4, -0.2) is 64.8 Å². The summed E-state index contributed by atoms with van der Waals surface area (Å²) in [6.45, 7) is 4.70. The quantitative estimate of drug-likeness (QED) is 0.440. The predicted molar refractivity (Wildman–Crippen MR) is 128 cm³/mol. The summed E-state index contributed by atoms with van der Waals surface area (Å²) in [6, 6.07) is 17.3. The number of pyridine rings is 1. The Hall–Kier alpha value is -3.82. The Morgan fingerprint density at radius 1 is 1.06 bits per heavy atom. The summed E-state index contributed by atoms with van der Waals surface area (Å²) in [5.41, 5.74) is 3.48. The lowest BCUT2D eigenvalue weighted by molar-refractivity contribution is 0.0383. The zero-order valence-corrected chi connectivity index (χ0v) is 18.6. The molecule has 5 rings (SSSR count). The van der Waals surface area contributed by atoms with Crippen molar-refractivity contribution in [3.63, 3.8) is 0 Å². The number of aromatic nitrogens is 3.